The van der Waals surface area contributed by atoms with Gasteiger partial charge in [0, 0.05) is 6.54 Å². The first-order valence-electron chi connectivity index (χ1n) is 8.91. The molecule has 0 heterocycles. The Morgan fingerprint density at radius 1 is 1.00 bits per heavy atom. The monoisotopic (exact) mass is 386 g/mol. The van der Waals surface area contributed by atoms with Crippen LogP contribution in [0.5, 0.6) is 0 Å². The predicted molar refractivity (Wildman–Crippen MR) is 102 cm³/mol. The second kappa shape index (κ2) is 10.2. The fraction of sp³-hybridized carbons (Fsp3) is 0.286. The van der Waals surface area contributed by atoms with Crippen LogP contribution in [0.1, 0.15) is 29.8 Å². The van der Waals surface area contributed by atoms with Gasteiger partial charge in [-0.05, 0) is 23.6 Å². The molecule has 2 aromatic carbocycles. The lowest BCUT2D eigenvalue weighted by atomic mass is 10.0. The molecule has 0 radical (unpaired) electrons. The molecule has 2 aromatic rings. The average molecular weight is 386 g/mol. The molecule has 2 rings (SSSR count). The Hall–Kier alpha value is -3.22. The van der Waals surface area contributed by atoms with Crippen molar-refractivity contribution in [1.29, 1.82) is 0 Å². The van der Waals surface area contributed by atoms with Gasteiger partial charge in [0.05, 0.1) is 5.56 Å². The molecule has 7 heteroatoms. The summed E-state index contributed by atoms with van der Waals surface area (Å²) in [6.07, 6.45) is 0. The molecule has 2 amide bonds. The predicted octanol–water partition coefficient (Wildman–Crippen LogP) is 2.44. The maximum Gasteiger partial charge on any atom is 0.329 e. The summed E-state index contributed by atoms with van der Waals surface area (Å²) in [5, 5.41) is 5.11. The zero-order chi connectivity index (χ0) is 20.5. The van der Waals surface area contributed by atoms with Gasteiger partial charge in [-0.15, -0.1) is 0 Å². The molecule has 0 saturated heterocycles. The number of hydrogen-bond donors (Lipinski definition) is 2. The summed E-state index contributed by atoms with van der Waals surface area (Å²) in [5.41, 5.74) is 0.751. The lowest BCUT2D eigenvalue weighted by Crippen LogP contribution is -2.46. The minimum absolute atomic E-state index is 0.165. The van der Waals surface area contributed by atoms with E-state index in [0.29, 0.717) is 6.54 Å². The number of halogens is 1. The Labute approximate surface area is 163 Å². The summed E-state index contributed by atoms with van der Waals surface area (Å²) in [4.78, 5) is 36.4. The van der Waals surface area contributed by atoms with Gasteiger partial charge in [0.15, 0.2) is 6.61 Å². The molecule has 0 aliphatic heterocycles. The third-order valence-electron chi connectivity index (χ3n) is 4.00. The van der Waals surface area contributed by atoms with E-state index in [1.165, 1.54) is 18.2 Å². The summed E-state index contributed by atoms with van der Waals surface area (Å²) in [6.45, 7) is 3.27. The number of carbonyl (C=O) groups is 3. The van der Waals surface area contributed by atoms with Crippen molar-refractivity contribution in [2.24, 2.45) is 5.92 Å². The molecular formula is C21H23FN2O4. The molecule has 0 saturated carbocycles. The molecule has 0 aliphatic rings. The highest BCUT2D eigenvalue weighted by Crippen LogP contribution is 2.10. The Kier molecular flexibility index (Phi) is 7.68. The molecule has 148 valence electrons. The minimum atomic E-state index is -1.01. The third kappa shape index (κ3) is 6.19. The standard InChI is InChI=1S/C21H23FN2O4/c1-14(2)19(24-20(26)16-10-6-7-11-17(16)22)21(27)28-13-18(25)23-12-15-8-4-3-5-9-15/h3-11,14,19H,12-13H2,1-2H3,(H,23,25)(H,24,26)/t19-/m0/s1. The van der Waals surface area contributed by atoms with E-state index in [1.807, 2.05) is 30.3 Å². The first kappa shape index (κ1) is 21.1. The van der Waals surface area contributed by atoms with E-state index in [2.05, 4.69) is 10.6 Å². The normalized spacial score (nSPS) is 11.6. The Morgan fingerprint density at radius 3 is 2.29 bits per heavy atom. The number of amides is 2. The number of esters is 1. The molecule has 6 nitrogen and oxygen atoms in total. The van der Waals surface area contributed by atoms with Gasteiger partial charge in [0.1, 0.15) is 11.9 Å². The summed E-state index contributed by atoms with van der Waals surface area (Å²) >= 11 is 0. The van der Waals surface area contributed by atoms with Gasteiger partial charge >= 0.3 is 5.97 Å². The second-order valence-electron chi connectivity index (χ2n) is 6.55. The zero-order valence-electron chi connectivity index (χ0n) is 15.8. The molecule has 2 N–H and O–H groups in total. The molecule has 28 heavy (non-hydrogen) atoms. The van der Waals surface area contributed by atoms with E-state index in [9.17, 15) is 18.8 Å². The summed E-state index contributed by atoms with van der Waals surface area (Å²) in [6, 6.07) is 13.8. The van der Waals surface area contributed by atoms with Crippen LogP contribution in [0.25, 0.3) is 0 Å². The number of hydrogen-bond acceptors (Lipinski definition) is 4. The molecule has 0 fully saturated rings. The van der Waals surface area contributed by atoms with Crippen molar-refractivity contribution in [1.82, 2.24) is 10.6 Å². The maximum absolute atomic E-state index is 13.7. The quantitative estimate of drug-likeness (QED) is 0.683. The summed E-state index contributed by atoms with van der Waals surface area (Å²) in [5.74, 6) is -2.93. The first-order chi connectivity index (χ1) is 13.4. The maximum atomic E-state index is 13.7. The van der Waals surface area contributed by atoms with Gasteiger partial charge in [0.2, 0.25) is 0 Å². The Morgan fingerprint density at radius 2 is 1.64 bits per heavy atom. The number of carbonyl (C=O) groups excluding carboxylic acids is 3. The van der Waals surface area contributed by atoms with Crippen LogP contribution in [0.2, 0.25) is 0 Å². The molecule has 1 atom stereocenters. The molecule has 0 bridgehead atoms. The van der Waals surface area contributed by atoms with Crippen LogP contribution in [0.3, 0.4) is 0 Å². The lowest BCUT2D eigenvalue weighted by Gasteiger charge is -2.21. The van der Waals surface area contributed by atoms with Gasteiger partial charge in [-0.3, -0.25) is 9.59 Å². The smallest absolute Gasteiger partial charge is 0.329 e. The molecule has 0 aliphatic carbocycles. The van der Waals surface area contributed by atoms with E-state index in [0.717, 1.165) is 11.6 Å². The van der Waals surface area contributed by atoms with Gasteiger partial charge in [-0.2, -0.15) is 0 Å². The fourth-order valence-electron chi connectivity index (χ4n) is 2.44. The Bertz CT molecular complexity index is 824. The van der Waals surface area contributed by atoms with Crippen LogP contribution in [-0.4, -0.2) is 30.4 Å². The van der Waals surface area contributed by atoms with Crippen molar-refractivity contribution < 1.29 is 23.5 Å². The molecular weight excluding hydrogens is 363 g/mol. The summed E-state index contributed by atoms with van der Waals surface area (Å²) < 4.78 is 18.8. The van der Waals surface area contributed by atoms with Crippen LogP contribution in [0.15, 0.2) is 54.6 Å². The highest BCUT2D eigenvalue weighted by molar-refractivity contribution is 5.97. The van der Waals surface area contributed by atoms with E-state index >= 15 is 0 Å². The SMILES string of the molecule is CC(C)[C@H](NC(=O)c1ccccc1F)C(=O)OCC(=O)NCc1ccccc1. The summed E-state index contributed by atoms with van der Waals surface area (Å²) in [7, 11) is 0. The molecule has 0 spiro atoms. The van der Waals surface area contributed by atoms with E-state index < -0.39 is 36.2 Å². The third-order valence-corrected chi connectivity index (χ3v) is 4.00. The van der Waals surface area contributed by atoms with Crippen molar-refractivity contribution in [2.45, 2.75) is 26.4 Å². The van der Waals surface area contributed by atoms with Crippen molar-refractivity contribution >= 4 is 17.8 Å². The zero-order valence-corrected chi connectivity index (χ0v) is 15.8. The average Bonchev–Trinajstić information content (AvgIpc) is 2.69. The number of nitrogens with one attached hydrogen (secondary N) is 2. The van der Waals surface area contributed by atoms with Gasteiger partial charge in [0.25, 0.3) is 11.8 Å². The highest BCUT2D eigenvalue weighted by atomic mass is 19.1. The highest BCUT2D eigenvalue weighted by Gasteiger charge is 2.27. The second-order valence-corrected chi connectivity index (χ2v) is 6.55. The van der Waals surface area contributed by atoms with Gasteiger partial charge < -0.3 is 15.4 Å². The van der Waals surface area contributed by atoms with Crippen molar-refractivity contribution in [2.75, 3.05) is 6.61 Å². The number of ether oxygens (including phenoxy) is 1. The van der Waals surface area contributed by atoms with Crippen LogP contribution < -0.4 is 10.6 Å². The lowest BCUT2D eigenvalue weighted by molar-refractivity contribution is -0.151. The largest absolute Gasteiger partial charge is 0.454 e. The van der Waals surface area contributed by atoms with Crippen LogP contribution >= 0.6 is 0 Å². The molecule has 0 unspecified atom stereocenters. The first-order valence-corrected chi connectivity index (χ1v) is 8.91. The van der Waals surface area contributed by atoms with Gasteiger partial charge in [-0.25, -0.2) is 9.18 Å². The topological polar surface area (TPSA) is 84.5 Å². The molecule has 0 aromatic heterocycles. The van der Waals surface area contributed by atoms with Gasteiger partial charge in [-0.1, -0.05) is 56.3 Å². The fourth-order valence-corrected chi connectivity index (χ4v) is 2.44. The van der Waals surface area contributed by atoms with Crippen molar-refractivity contribution in [3.8, 4) is 0 Å². The Balaban J connectivity index is 1.87. The van der Waals surface area contributed by atoms with Crippen LogP contribution in [0.4, 0.5) is 4.39 Å². The number of benzene rings is 2. The van der Waals surface area contributed by atoms with Crippen molar-refractivity contribution in [3.63, 3.8) is 0 Å². The number of rotatable bonds is 8. The minimum Gasteiger partial charge on any atom is -0.454 e. The van der Waals surface area contributed by atoms with Crippen molar-refractivity contribution in [3.05, 3.63) is 71.5 Å². The van der Waals surface area contributed by atoms with E-state index in [4.69, 9.17) is 4.74 Å². The van der Waals surface area contributed by atoms with Crippen LogP contribution in [0, 0.1) is 11.7 Å². The van der Waals surface area contributed by atoms with E-state index in [-0.39, 0.29) is 11.5 Å². The van der Waals surface area contributed by atoms with Crippen LogP contribution in [-0.2, 0) is 20.9 Å². The van der Waals surface area contributed by atoms with E-state index in [1.54, 1.807) is 13.8 Å².